The third kappa shape index (κ3) is 2.66. The van der Waals surface area contributed by atoms with Gasteiger partial charge < -0.3 is 0 Å². The van der Waals surface area contributed by atoms with Crippen LogP contribution in [0.25, 0.3) is 0 Å². The van der Waals surface area contributed by atoms with Gasteiger partial charge in [-0.15, -0.1) is 0 Å². The lowest BCUT2D eigenvalue weighted by atomic mass is 9.87. The van der Waals surface area contributed by atoms with Crippen LogP contribution in [0.2, 0.25) is 0 Å². The molecule has 1 fully saturated rings. The zero-order valence-corrected chi connectivity index (χ0v) is 9.62. The fraction of sp³-hybridized carbons (Fsp3) is 0.833. The lowest BCUT2D eigenvalue weighted by Gasteiger charge is -2.23. The standard InChI is InChI=1S/C12H22NO/c1-9(2)12(14)13(4)11-7-5-10(3)6-8-11/h9-11H,4-8H2,1-3H3/q+1. The van der Waals surface area contributed by atoms with Crippen LogP contribution in [-0.4, -0.2) is 23.2 Å². The normalized spacial score (nSPS) is 27.7. The Morgan fingerprint density at radius 2 is 1.79 bits per heavy atom. The second-order valence-corrected chi connectivity index (χ2v) is 4.88. The van der Waals surface area contributed by atoms with Crippen LogP contribution in [-0.2, 0) is 4.79 Å². The van der Waals surface area contributed by atoms with Crippen molar-refractivity contribution in [2.75, 3.05) is 0 Å². The Morgan fingerprint density at radius 1 is 1.29 bits per heavy atom. The molecule has 2 heteroatoms. The smallest absolute Gasteiger partial charge is 0.219 e. The van der Waals surface area contributed by atoms with Crippen LogP contribution in [0.15, 0.2) is 0 Å². The van der Waals surface area contributed by atoms with Crippen molar-refractivity contribution in [3.8, 4) is 0 Å². The summed E-state index contributed by atoms with van der Waals surface area (Å²) in [7, 11) is 0. The molecule has 1 amide bonds. The third-order valence-corrected chi connectivity index (χ3v) is 3.20. The predicted octanol–water partition coefficient (Wildman–Crippen LogP) is 2.46. The van der Waals surface area contributed by atoms with E-state index in [0.717, 1.165) is 18.8 Å². The quantitative estimate of drug-likeness (QED) is 0.490. The molecular formula is C12H22NO+. The van der Waals surface area contributed by atoms with Gasteiger partial charge in [0.1, 0.15) is 6.72 Å². The third-order valence-electron chi connectivity index (χ3n) is 3.20. The average molecular weight is 196 g/mol. The minimum atomic E-state index is 0.0758. The van der Waals surface area contributed by atoms with Crippen LogP contribution in [0.3, 0.4) is 0 Å². The summed E-state index contributed by atoms with van der Waals surface area (Å²) in [6.45, 7) is 10.1. The van der Waals surface area contributed by atoms with E-state index in [1.165, 1.54) is 12.8 Å². The lowest BCUT2D eigenvalue weighted by Crippen LogP contribution is -2.35. The van der Waals surface area contributed by atoms with Crippen molar-refractivity contribution in [3.63, 3.8) is 0 Å². The molecule has 80 valence electrons. The second-order valence-electron chi connectivity index (χ2n) is 4.88. The van der Waals surface area contributed by atoms with E-state index in [4.69, 9.17) is 0 Å². The Labute approximate surface area is 87.0 Å². The van der Waals surface area contributed by atoms with Crippen molar-refractivity contribution < 1.29 is 9.37 Å². The van der Waals surface area contributed by atoms with Crippen LogP contribution in [0.5, 0.6) is 0 Å². The largest absolute Gasteiger partial charge is 0.389 e. The first kappa shape index (κ1) is 11.4. The van der Waals surface area contributed by atoms with E-state index in [1.807, 2.05) is 13.8 Å². The maximum absolute atomic E-state index is 11.7. The van der Waals surface area contributed by atoms with Crippen LogP contribution in [0, 0.1) is 11.8 Å². The van der Waals surface area contributed by atoms with Crippen LogP contribution in [0.4, 0.5) is 0 Å². The molecule has 1 rings (SSSR count). The first-order valence-electron chi connectivity index (χ1n) is 5.66. The Kier molecular flexibility index (Phi) is 3.85. The van der Waals surface area contributed by atoms with Gasteiger partial charge in [-0.05, 0) is 32.6 Å². The minimum absolute atomic E-state index is 0.0758. The number of amides is 1. The summed E-state index contributed by atoms with van der Waals surface area (Å²) in [5.41, 5.74) is 0. The summed E-state index contributed by atoms with van der Waals surface area (Å²) in [6, 6.07) is 0.390. The number of carbonyl (C=O) groups excluding carboxylic acids is 1. The number of carbonyl (C=O) groups is 1. The number of rotatable bonds is 2. The second kappa shape index (κ2) is 4.72. The molecule has 0 atom stereocenters. The minimum Gasteiger partial charge on any atom is -0.219 e. The van der Waals surface area contributed by atoms with Gasteiger partial charge in [0.05, 0.1) is 5.92 Å². The number of hydrogen-bond acceptors (Lipinski definition) is 1. The van der Waals surface area contributed by atoms with E-state index >= 15 is 0 Å². The van der Waals surface area contributed by atoms with Gasteiger partial charge in [-0.2, -0.15) is 4.58 Å². The van der Waals surface area contributed by atoms with Crippen LogP contribution < -0.4 is 0 Å². The van der Waals surface area contributed by atoms with E-state index in [0.29, 0.717) is 6.04 Å². The maximum Gasteiger partial charge on any atom is 0.389 e. The molecule has 0 aromatic carbocycles. The van der Waals surface area contributed by atoms with Crippen molar-refractivity contribution >= 4 is 12.6 Å². The fourth-order valence-electron chi connectivity index (χ4n) is 2.07. The van der Waals surface area contributed by atoms with Crippen molar-refractivity contribution in [3.05, 3.63) is 0 Å². The molecule has 0 heterocycles. The van der Waals surface area contributed by atoms with Crippen LogP contribution >= 0.6 is 0 Å². The number of hydrogen-bond donors (Lipinski definition) is 0. The van der Waals surface area contributed by atoms with E-state index < -0.39 is 0 Å². The van der Waals surface area contributed by atoms with Gasteiger partial charge in [-0.25, -0.2) is 4.79 Å². The molecule has 0 spiro atoms. The summed E-state index contributed by atoms with van der Waals surface area (Å²) in [4.78, 5) is 11.7. The van der Waals surface area contributed by atoms with Gasteiger partial charge in [0.25, 0.3) is 0 Å². The monoisotopic (exact) mass is 196 g/mol. The Morgan fingerprint density at radius 3 is 2.21 bits per heavy atom. The maximum atomic E-state index is 11.7. The van der Waals surface area contributed by atoms with Crippen molar-refractivity contribution in [1.82, 2.24) is 0 Å². The molecule has 1 aliphatic carbocycles. The Balaban J connectivity index is 2.50. The molecule has 1 saturated carbocycles. The molecule has 0 N–H and O–H groups in total. The lowest BCUT2D eigenvalue weighted by molar-refractivity contribution is -0.489. The molecular weight excluding hydrogens is 174 g/mol. The Hall–Kier alpha value is -0.660. The molecule has 0 aromatic rings. The van der Waals surface area contributed by atoms with Gasteiger partial charge in [0.15, 0.2) is 6.04 Å². The highest BCUT2D eigenvalue weighted by Crippen LogP contribution is 2.25. The number of nitrogens with zero attached hydrogens (tertiary/aromatic N) is 1. The van der Waals surface area contributed by atoms with E-state index in [-0.39, 0.29) is 11.8 Å². The van der Waals surface area contributed by atoms with Gasteiger partial charge >= 0.3 is 5.91 Å². The molecule has 2 nitrogen and oxygen atoms in total. The predicted molar refractivity (Wildman–Crippen MR) is 58.6 cm³/mol. The first-order valence-corrected chi connectivity index (χ1v) is 5.66. The molecule has 0 bridgehead atoms. The molecule has 0 aliphatic heterocycles. The molecule has 0 unspecified atom stereocenters. The molecule has 0 aromatic heterocycles. The highest BCUT2D eigenvalue weighted by atomic mass is 16.2. The molecule has 0 saturated heterocycles. The zero-order valence-electron chi connectivity index (χ0n) is 9.62. The van der Waals surface area contributed by atoms with Gasteiger partial charge in [-0.1, -0.05) is 6.92 Å². The molecule has 14 heavy (non-hydrogen) atoms. The Bertz CT molecular complexity index is 224. The summed E-state index contributed by atoms with van der Waals surface area (Å²) >= 11 is 0. The average Bonchev–Trinajstić information content (AvgIpc) is 2.16. The first-order chi connectivity index (χ1) is 6.52. The fourth-order valence-corrected chi connectivity index (χ4v) is 2.07. The van der Waals surface area contributed by atoms with Crippen molar-refractivity contribution in [1.29, 1.82) is 0 Å². The summed E-state index contributed by atoms with van der Waals surface area (Å²) in [6.07, 6.45) is 4.73. The SMILES string of the molecule is C=[N+](C(=O)C(C)C)C1CCC(C)CC1. The molecule has 1 aliphatic rings. The van der Waals surface area contributed by atoms with Gasteiger partial charge in [-0.3, -0.25) is 0 Å². The topological polar surface area (TPSA) is 20.1 Å². The molecule has 0 radical (unpaired) electrons. The van der Waals surface area contributed by atoms with Crippen LogP contribution in [0.1, 0.15) is 46.5 Å². The summed E-state index contributed by atoms with van der Waals surface area (Å²) in [5, 5.41) is 0. The summed E-state index contributed by atoms with van der Waals surface area (Å²) in [5.74, 6) is 1.09. The van der Waals surface area contributed by atoms with Gasteiger partial charge in [0.2, 0.25) is 0 Å². The van der Waals surface area contributed by atoms with Gasteiger partial charge in [0, 0.05) is 12.8 Å². The summed E-state index contributed by atoms with van der Waals surface area (Å²) < 4.78 is 1.72. The van der Waals surface area contributed by atoms with Crippen molar-refractivity contribution in [2.24, 2.45) is 11.8 Å². The van der Waals surface area contributed by atoms with Crippen molar-refractivity contribution in [2.45, 2.75) is 52.5 Å². The van der Waals surface area contributed by atoms with E-state index in [2.05, 4.69) is 13.6 Å². The zero-order chi connectivity index (χ0) is 10.7. The highest BCUT2D eigenvalue weighted by molar-refractivity contribution is 5.71. The highest BCUT2D eigenvalue weighted by Gasteiger charge is 2.31. The van der Waals surface area contributed by atoms with E-state index in [1.54, 1.807) is 4.58 Å². The van der Waals surface area contributed by atoms with E-state index in [9.17, 15) is 4.79 Å².